The summed E-state index contributed by atoms with van der Waals surface area (Å²) < 4.78 is 21.5. The number of non-ortho nitro benzene ring substituents is 1. The second kappa shape index (κ2) is 8.94. The van der Waals surface area contributed by atoms with Crippen LogP contribution in [0.1, 0.15) is 16.9 Å². The largest absolute Gasteiger partial charge is 0.493 e. The number of ether oxygens (including phenoxy) is 3. The Labute approximate surface area is 186 Å². The SMILES string of the molecule is COc1cc(/C=C2\N=C(c3ccco3)OC2=O)cc(Cl)c1OCc1cccc([N+](=O)[O-])c1. The van der Waals surface area contributed by atoms with E-state index < -0.39 is 10.9 Å². The maximum atomic E-state index is 12.1. The molecular formula is C22H15ClN2O7. The Kier molecular flexibility index (Phi) is 5.91. The number of hydrogen-bond donors (Lipinski definition) is 0. The van der Waals surface area contributed by atoms with Crippen LogP contribution in [0.4, 0.5) is 5.69 Å². The van der Waals surface area contributed by atoms with Gasteiger partial charge in [0, 0.05) is 12.1 Å². The Morgan fingerprint density at radius 3 is 2.78 bits per heavy atom. The number of nitrogens with zero attached hydrogens (tertiary/aromatic N) is 2. The number of esters is 1. The Bertz CT molecular complexity index is 1250. The molecule has 1 aromatic heterocycles. The first-order valence-corrected chi connectivity index (χ1v) is 9.62. The second-order valence-corrected chi connectivity index (χ2v) is 6.97. The van der Waals surface area contributed by atoms with E-state index in [1.807, 2.05) is 0 Å². The molecule has 2 heterocycles. The number of furan rings is 1. The van der Waals surface area contributed by atoms with Gasteiger partial charge in [-0.25, -0.2) is 9.79 Å². The van der Waals surface area contributed by atoms with Crippen LogP contribution in [0.25, 0.3) is 6.08 Å². The quantitative estimate of drug-likeness (QED) is 0.218. The molecule has 32 heavy (non-hydrogen) atoms. The normalized spacial score (nSPS) is 14.2. The van der Waals surface area contributed by atoms with Crippen LogP contribution >= 0.6 is 11.6 Å². The summed E-state index contributed by atoms with van der Waals surface area (Å²) in [7, 11) is 1.44. The fourth-order valence-electron chi connectivity index (χ4n) is 2.95. The van der Waals surface area contributed by atoms with Crippen molar-refractivity contribution in [1.29, 1.82) is 0 Å². The minimum absolute atomic E-state index is 0.0379. The van der Waals surface area contributed by atoms with Gasteiger partial charge in [0.25, 0.3) is 11.6 Å². The van der Waals surface area contributed by atoms with Crippen molar-refractivity contribution < 1.29 is 28.3 Å². The van der Waals surface area contributed by atoms with Gasteiger partial charge in [0.05, 0.1) is 23.3 Å². The highest BCUT2D eigenvalue weighted by molar-refractivity contribution is 6.32. The van der Waals surface area contributed by atoms with Gasteiger partial charge in [-0.2, -0.15) is 0 Å². The zero-order chi connectivity index (χ0) is 22.7. The van der Waals surface area contributed by atoms with Crippen molar-refractivity contribution in [2.75, 3.05) is 7.11 Å². The topological polar surface area (TPSA) is 113 Å². The Hall–Kier alpha value is -4.11. The van der Waals surface area contributed by atoms with Gasteiger partial charge < -0.3 is 18.6 Å². The third-order valence-electron chi connectivity index (χ3n) is 4.41. The molecule has 0 radical (unpaired) electrons. The van der Waals surface area contributed by atoms with Gasteiger partial charge in [-0.15, -0.1) is 0 Å². The Morgan fingerprint density at radius 2 is 2.06 bits per heavy atom. The fourth-order valence-corrected chi connectivity index (χ4v) is 3.22. The van der Waals surface area contributed by atoms with E-state index in [-0.39, 0.29) is 34.7 Å². The van der Waals surface area contributed by atoms with E-state index in [4.69, 9.17) is 30.2 Å². The lowest BCUT2D eigenvalue weighted by Gasteiger charge is -2.13. The van der Waals surface area contributed by atoms with Gasteiger partial charge in [0.2, 0.25) is 0 Å². The van der Waals surface area contributed by atoms with Gasteiger partial charge in [-0.05, 0) is 41.5 Å². The summed E-state index contributed by atoms with van der Waals surface area (Å²) in [6.45, 7) is 0.0430. The number of hydrogen-bond acceptors (Lipinski definition) is 8. The van der Waals surface area contributed by atoms with Crippen LogP contribution in [-0.2, 0) is 16.1 Å². The average Bonchev–Trinajstić information content (AvgIpc) is 3.43. The summed E-state index contributed by atoms with van der Waals surface area (Å²) in [6, 6.07) is 12.6. The summed E-state index contributed by atoms with van der Waals surface area (Å²) in [5.41, 5.74) is 1.16. The minimum Gasteiger partial charge on any atom is -0.493 e. The molecule has 9 nitrogen and oxygen atoms in total. The van der Waals surface area contributed by atoms with E-state index in [0.717, 1.165) is 0 Å². The summed E-state index contributed by atoms with van der Waals surface area (Å²) in [5.74, 6) is 0.356. The maximum Gasteiger partial charge on any atom is 0.363 e. The number of aliphatic imine (C=N–C) groups is 1. The number of benzene rings is 2. The smallest absolute Gasteiger partial charge is 0.363 e. The number of cyclic esters (lactones) is 1. The van der Waals surface area contributed by atoms with Crippen LogP contribution < -0.4 is 9.47 Å². The first-order chi connectivity index (χ1) is 15.4. The van der Waals surface area contributed by atoms with Gasteiger partial charge >= 0.3 is 5.97 Å². The van der Waals surface area contributed by atoms with Crippen LogP contribution in [0.15, 0.2) is 69.9 Å². The number of halogens is 1. The maximum absolute atomic E-state index is 12.1. The van der Waals surface area contributed by atoms with Crippen LogP contribution in [0, 0.1) is 10.1 Å². The van der Waals surface area contributed by atoms with Gasteiger partial charge in [-0.3, -0.25) is 10.1 Å². The van der Waals surface area contributed by atoms with Crippen LogP contribution in [-0.4, -0.2) is 23.9 Å². The number of methoxy groups -OCH3 is 1. The van der Waals surface area contributed by atoms with Crippen LogP contribution in [0.5, 0.6) is 11.5 Å². The molecule has 0 N–H and O–H groups in total. The zero-order valence-electron chi connectivity index (χ0n) is 16.6. The van der Waals surface area contributed by atoms with Gasteiger partial charge in [0.15, 0.2) is 23.0 Å². The molecule has 0 fully saturated rings. The van der Waals surface area contributed by atoms with Crippen LogP contribution in [0.3, 0.4) is 0 Å². The van der Waals surface area contributed by atoms with E-state index in [0.29, 0.717) is 22.6 Å². The Morgan fingerprint density at radius 1 is 1.22 bits per heavy atom. The summed E-state index contributed by atoms with van der Waals surface area (Å²) in [6.07, 6.45) is 2.95. The number of nitro benzene ring substituents is 1. The van der Waals surface area contributed by atoms with E-state index in [9.17, 15) is 14.9 Å². The predicted octanol–water partition coefficient (Wildman–Crippen LogP) is 4.77. The van der Waals surface area contributed by atoms with Gasteiger partial charge in [0.1, 0.15) is 6.61 Å². The van der Waals surface area contributed by atoms with Crippen molar-refractivity contribution in [3.8, 4) is 11.5 Å². The highest BCUT2D eigenvalue weighted by atomic mass is 35.5. The summed E-state index contributed by atoms with van der Waals surface area (Å²) in [5, 5.41) is 11.2. The second-order valence-electron chi connectivity index (χ2n) is 6.56. The lowest BCUT2D eigenvalue weighted by molar-refractivity contribution is -0.384. The molecule has 2 aromatic carbocycles. The lowest BCUT2D eigenvalue weighted by atomic mass is 10.1. The molecule has 0 saturated carbocycles. The molecule has 0 atom stereocenters. The highest BCUT2D eigenvalue weighted by Gasteiger charge is 2.26. The molecule has 4 rings (SSSR count). The van der Waals surface area contributed by atoms with Crippen molar-refractivity contribution >= 4 is 35.2 Å². The molecule has 0 saturated heterocycles. The molecule has 10 heteroatoms. The number of rotatable bonds is 7. The number of carbonyl (C=O) groups is 1. The minimum atomic E-state index is -0.627. The predicted molar refractivity (Wildman–Crippen MR) is 115 cm³/mol. The lowest BCUT2D eigenvalue weighted by Crippen LogP contribution is -2.04. The van der Waals surface area contributed by atoms with Crippen molar-refractivity contribution in [2.45, 2.75) is 6.61 Å². The molecule has 0 unspecified atom stereocenters. The highest BCUT2D eigenvalue weighted by Crippen LogP contribution is 2.38. The first kappa shape index (κ1) is 21.1. The van der Waals surface area contributed by atoms with Crippen molar-refractivity contribution in [3.63, 3.8) is 0 Å². The number of carbonyl (C=O) groups excluding carboxylic acids is 1. The molecule has 0 aliphatic carbocycles. The third-order valence-corrected chi connectivity index (χ3v) is 4.69. The summed E-state index contributed by atoms with van der Waals surface area (Å²) >= 11 is 6.38. The van der Waals surface area contributed by atoms with Crippen molar-refractivity contribution in [1.82, 2.24) is 0 Å². The van der Waals surface area contributed by atoms with Crippen molar-refractivity contribution in [3.05, 3.63) is 92.5 Å². The van der Waals surface area contributed by atoms with Gasteiger partial charge in [-0.1, -0.05) is 23.7 Å². The first-order valence-electron chi connectivity index (χ1n) is 9.24. The molecule has 1 aliphatic rings. The average molecular weight is 455 g/mol. The Balaban J connectivity index is 1.57. The van der Waals surface area contributed by atoms with Crippen LogP contribution in [0.2, 0.25) is 5.02 Å². The fraction of sp³-hybridized carbons (Fsp3) is 0.0909. The third kappa shape index (κ3) is 4.47. The van der Waals surface area contributed by atoms with E-state index >= 15 is 0 Å². The monoisotopic (exact) mass is 454 g/mol. The summed E-state index contributed by atoms with van der Waals surface area (Å²) in [4.78, 5) is 26.8. The molecule has 162 valence electrons. The molecule has 3 aromatic rings. The molecular weight excluding hydrogens is 440 g/mol. The number of nitro groups is 1. The molecule has 0 spiro atoms. The zero-order valence-corrected chi connectivity index (χ0v) is 17.4. The van der Waals surface area contributed by atoms with E-state index in [1.54, 1.807) is 36.4 Å². The molecule has 1 aliphatic heterocycles. The van der Waals surface area contributed by atoms with Crippen molar-refractivity contribution in [2.24, 2.45) is 4.99 Å². The van der Waals surface area contributed by atoms with E-state index in [2.05, 4.69) is 4.99 Å². The van der Waals surface area contributed by atoms with E-state index in [1.165, 1.54) is 31.6 Å². The molecule has 0 bridgehead atoms. The molecule has 0 amide bonds. The standard InChI is InChI=1S/C22H15ClN2O7/c1-29-19-11-14(10-17-22(26)32-21(24-17)18-6-3-7-30-18)9-16(23)20(19)31-12-13-4-2-5-15(8-13)25(27)28/h2-11H,12H2,1H3/b17-10-.